The van der Waals surface area contributed by atoms with Crippen molar-refractivity contribution in [1.82, 2.24) is 5.16 Å². The fraction of sp³-hybridized carbons (Fsp3) is 0. The van der Waals surface area contributed by atoms with E-state index in [0.717, 1.165) is 5.56 Å². The van der Waals surface area contributed by atoms with Crippen LogP contribution in [0.2, 0.25) is 15.1 Å². The summed E-state index contributed by atoms with van der Waals surface area (Å²) in [6.45, 7) is 0. The third-order valence-corrected chi connectivity index (χ3v) is 3.91. The largest absolute Gasteiger partial charge is 0.380 e. The molecule has 1 aromatic heterocycles. The highest BCUT2D eigenvalue weighted by Gasteiger charge is 2.21. The Kier molecular flexibility index (Phi) is 3.81. The molecule has 0 aliphatic rings. The first-order valence-electron chi connectivity index (χ1n) is 6.03. The molecule has 0 radical (unpaired) electrons. The van der Waals surface area contributed by atoms with Crippen LogP contribution in [0.25, 0.3) is 22.5 Å². The quantitative estimate of drug-likeness (QED) is 0.666. The molecule has 0 saturated carbocycles. The molecule has 0 amide bonds. The van der Waals surface area contributed by atoms with Gasteiger partial charge >= 0.3 is 0 Å². The highest BCUT2D eigenvalue weighted by Crippen LogP contribution is 2.42. The third-order valence-electron chi connectivity index (χ3n) is 3.04. The summed E-state index contributed by atoms with van der Waals surface area (Å²) in [5, 5.41) is 5.37. The van der Waals surface area contributed by atoms with Crippen molar-refractivity contribution in [1.29, 1.82) is 0 Å². The van der Waals surface area contributed by atoms with Crippen molar-refractivity contribution in [3.05, 3.63) is 57.5 Å². The number of nitrogens with two attached hydrogens (primary N) is 1. The topological polar surface area (TPSA) is 52.0 Å². The van der Waals surface area contributed by atoms with Crippen molar-refractivity contribution >= 4 is 40.6 Å². The molecule has 2 aromatic carbocycles. The van der Waals surface area contributed by atoms with Gasteiger partial charge in [0.25, 0.3) is 0 Å². The molecule has 3 aromatic rings. The molecule has 0 atom stereocenters. The fourth-order valence-corrected chi connectivity index (χ4v) is 2.81. The van der Waals surface area contributed by atoms with E-state index in [2.05, 4.69) is 5.16 Å². The Morgan fingerprint density at radius 2 is 1.67 bits per heavy atom. The minimum Gasteiger partial charge on any atom is -0.380 e. The number of nitrogens with zero attached hydrogens (tertiary/aromatic N) is 1. The molecule has 21 heavy (non-hydrogen) atoms. The maximum atomic E-state index is 6.23. The fourth-order valence-electron chi connectivity index (χ4n) is 2.08. The van der Waals surface area contributed by atoms with Crippen molar-refractivity contribution < 1.29 is 4.52 Å². The number of nitrogen functional groups attached to an aromatic ring is 1. The number of aromatic nitrogens is 1. The number of halogens is 3. The molecule has 0 saturated heterocycles. The van der Waals surface area contributed by atoms with Crippen LogP contribution in [0.3, 0.4) is 0 Å². The van der Waals surface area contributed by atoms with Crippen molar-refractivity contribution in [3.63, 3.8) is 0 Å². The Labute approximate surface area is 136 Å². The summed E-state index contributed by atoms with van der Waals surface area (Å²) < 4.78 is 5.35. The van der Waals surface area contributed by atoms with Gasteiger partial charge in [0, 0.05) is 21.2 Å². The van der Waals surface area contributed by atoms with Gasteiger partial charge in [-0.2, -0.15) is 0 Å². The van der Waals surface area contributed by atoms with Gasteiger partial charge in [-0.05, 0) is 24.3 Å². The standard InChI is InChI=1S/C15H9Cl3N2O/c16-8-5-6-10(12(18)7-8)14-13(15(19)20-21-14)9-3-1-2-4-11(9)17/h1-7H,(H2,19,20). The molecule has 3 nitrogen and oxygen atoms in total. The Hall–Kier alpha value is -1.68. The van der Waals surface area contributed by atoms with Crippen LogP contribution in [0, 0.1) is 0 Å². The lowest BCUT2D eigenvalue weighted by Crippen LogP contribution is -1.90. The molecule has 3 rings (SSSR count). The van der Waals surface area contributed by atoms with Crippen molar-refractivity contribution in [3.8, 4) is 22.5 Å². The van der Waals surface area contributed by atoms with Gasteiger partial charge in [0.05, 0.1) is 10.6 Å². The van der Waals surface area contributed by atoms with E-state index >= 15 is 0 Å². The van der Waals surface area contributed by atoms with E-state index in [1.807, 2.05) is 18.2 Å². The van der Waals surface area contributed by atoms with Crippen LogP contribution in [-0.4, -0.2) is 5.16 Å². The van der Waals surface area contributed by atoms with Crippen LogP contribution < -0.4 is 5.73 Å². The maximum absolute atomic E-state index is 6.23. The summed E-state index contributed by atoms with van der Waals surface area (Å²) in [6.07, 6.45) is 0. The molecule has 1 heterocycles. The Bertz CT molecular complexity index is 814. The molecule has 0 bridgehead atoms. The van der Waals surface area contributed by atoms with Crippen molar-refractivity contribution in [2.24, 2.45) is 0 Å². The van der Waals surface area contributed by atoms with E-state index in [0.29, 0.717) is 32.0 Å². The van der Waals surface area contributed by atoms with E-state index < -0.39 is 0 Å². The van der Waals surface area contributed by atoms with Crippen LogP contribution in [0.15, 0.2) is 47.0 Å². The van der Waals surface area contributed by atoms with Gasteiger partial charge in [-0.25, -0.2) is 0 Å². The van der Waals surface area contributed by atoms with Gasteiger partial charge in [-0.3, -0.25) is 0 Å². The molecule has 6 heteroatoms. The Morgan fingerprint density at radius 3 is 2.38 bits per heavy atom. The average Bonchev–Trinajstić information content (AvgIpc) is 2.81. The van der Waals surface area contributed by atoms with Gasteiger partial charge in [0.2, 0.25) is 0 Å². The van der Waals surface area contributed by atoms with Crippen LogP contribution in [0.5, 0.6) is 0 Å². The van der Waals surface area contributed by atoms with Gasteiger partial charge < -0.3 is 10.3 Å². The molecule has 2 N–H and O–H groups in total. The molecule has 0 unspecified atom stereocenters. The smallest absolute Gasteiger partial charge is 0.178 e. The highest BCUT2D eigenvalue weighted by molar-refractivity contribution is 6.37. The predicted octanol–water partition coefficient (Wildman–Crippen LogP) is 5.55. The zero-order valence-corrected chi connectivity index (χ0v) is 12.9. The predicted molar refractivity (Wildman–Crippen MR) is 86.8 cm³/mol. The number of hydrogen-bond donors (Lipinski definition) is 1. The van der Waals surface area contributed by atoms with E-state index in [-0.39, 0.29) is 5.82 Å². The summed E-state index contributed by atoms with van der Waals surface area (Å²) in [7, 11) is 0. The summed E-state index contributed by atoms with van der Waals surface area (Å²) in [5.74, 6) is 0.714. The molecule has 0 spiro atoms. The van der Waals surface area contributed by atoms with Gasteiger partial charge in [-0.1, -0.05) is 58.2 Å². The highest BCUT2D eigenvalue weighted by atomic mass is 35.5. The number of rotatable bonds is 2. The lowest BCUT2D eigenvalue weighted by atomic mass is 10.0. The van der Waals surface area contributed by atoms with Crippen LogP contribution in [0.4, 0.5) is 5.82 Å². The molecule has 0 fully saturated rings. The maximum Gasteiger partial charge on any atom is 0.178 e. The lowest BCUT2D eigenvalue weighted by Gasteiger charge is -2.06. The summed E-state index contributed by atoms with van der Waals surface area (Å²) >= 11 is 18.4. The number of hydrogen-bond acceptors (Lipinski definition) is 3. The average molecular weight is 340 g/mol. The number of benzene rings is 2. The third kappa shape index (κ3) is 2.60. The second-order valence-corrected chi connectivity index (χ2v) is 5.63. The molecular formula is C15H9Cl3N2O. The van der Waals surface area contributed by atoms with E-state index in [4.69, 9.17) is 45.1 Å². The number of anilines is 1. The van der Waals surface area contributed by atoms with E-state index in [9.17, 15) is 0 Å². The van der Waals surface area contributed by atoms with E-state index in [1.54, 1.807) is 24.3 Å². The molecular weight excluding hydrogens is 331 g/mol. The SMILES string of the molecule is Nc1noc(-c2ccc(Cl)cc2Cl)c1-c1ccccc1Cl. The van der Waals surface area contributed by atoms with Gasteiger partial charge in [0.1, 0.15) is 0 Å². The minimum absolute atomic E-state index is 0.254. The van der Waals surface area contributed by atoms with Gasteiger partial charge in [0.15, 0.2) is 11.6 Å². The first-order chi connectivity index (χ1) is 10.1. The minimum atomic E-state index is 0.254. The zero-order chi connectivity index (χ0) is 15.0. The molecule has 0 aliphatic carbocycles. The van der Waals surface area contributed by atoms with Crippen LogP contribution in [0.1, 0.15) is 0 Å². The normalized spacial score (nSPS) is 10.8. The van der Waals surface area contributed by atoms with Crippen LogP contribution >= 0.6 is 34.8 Å². The second-order valence-electron chi connectivity index (χ2n) is 4.38. The molecule has 0 aliphatic heterocycles. The second kappa shape index (κ2) is 5.60. The zero-order valence-electron chi connectivity index (χ0n) is 10.6. The monoisotopic (exact) mass is 338 g/mol. The first kappa shape index (κ1) is 14.3. The van der Waals surface area contributed by atoms with Crippen LogP contribution in [-0.2, 0) is 0 Å². The Morgan fingerprint density at radius 1 is 0.905 bits per heavy atom. The lowest BCUT2D eigenvalue weighted by molar-refractivity contribution is 0.436. The summed E-state index contributed by atoms with van der Waals surface area (Å²) in [6, 6.07) is 12.4. The first-order valence-corrected chi connectivity index (χ1v) is 7.17. The van der Waals surface area contributed by atoms with Gasteiger partial charge in [-0.15, -0.1) is 0 Å². The molecule has 106 valence electrons. The van der Waals surface area contributed by atoms with E-state index in [1.165, 1.54) is 0 Å². The summed E-state index contributed by atoms with van der Waals surface area (Å²) in [4.78, 5) is 0. The van der Waals surface area contributed by atoms with Crippen molar-refractivity contribution in [2.45, 2.75) is 0 Å². The van der Waals surface area contributed by atoms with Crippen molar-refractivity contribution in [2.75, 3.05) is 5.73 Å². The summed E-state index contributed by atoms with van der Waals surface area (Å²) in [5.41, 5.74) is 7.93. The Balaban J connectivity index is 2.25.